The van der Waals surface area contributed by atoms with Gasteiger partial charge in [-0.15, -0.1) is 0 Å². The molecule has 7 nitrogen and oxygen atoms in total. The van der Waals surface area contributed by atoms with Crippen LogP contribution in [-0.2, 0) is 15.3 Å². The van der Waals surface area contributed by atoms with E-state index in [1.54, 1.807) is 25.1 Å². The van der Waals surface area contributed by atoms with E-state index in [0.29, 0.717) is 28.2 Å². The lowest BCUT2D eigenvalue weighted by Gasteiger charge is -2.26. The minimum absolute atomic E-state index is 0.0668. The number of amides is 1. The summed E-state index contributed by atoms with van der Waals surface area (Å²) in [5, 5.41) is 9.72. The number of aromatic amines is 1. The summed E-state index contributed by atoms with van der Waals surface area (Å²) >= 11 is 1.49. The van der Waals surface area contributed by atoms with Gasteiger partial charge >= 0.3 is 5.97 Å². The first-order valence-corrected chi connectivity index (χ1v) is 9.72. The molecule has 1 unspecified atom stereocenters. The Labute approximate surface area is 154 Å². The number of carbonyl (C=O) groups is 2. The molecule has 0 saturated heterocycles. The maximum Gasteiger partial charge on any atom is 0.326 e. The molecule has 1 aromatic heterocycles. The molecule has 0 radical (unpaired) electrons. The van der Waals surface area contributed by atoms with E-state index in [1.165, 1.54) is 16.7 Å². The van der Waals surface area contributed by atoms with Crippen molar-refractivity contribution >= 4 is 34.5 Å². The molecule has 1 heterocycles. The zero-order valence-corrected chi connectivity index (χ0v) is 15.3. The fraction of sp³-hybridized carbons (Fsp3) is 0.444. The molecule has 2 N–H and O–H groups in total. The van der Waals surface area contributed by atoms with Crippen molar-refractivity contribution < 1.29 is 14.7 Å². The summed E-state index contributed by atoms with van der Waals surface area (Å²) in [6.45, 7) is 1.55. The quantitative estimate of drug-likeness (QED) is 0.684. The number of aliphatic carboxylic acids is 1. The summed E-state index contributed by atoms with van der Waals surface area (Å²) in [5.41, 5.74) is 0.482. The highest BCUT2D eigenvalue weighted by atomic mass is 32.2. The van der Waals surface area contributed by atoms with Crippen molar-refractivity contribution in [3.63, 3.8) is 0 Å². The lowest BCUT2D eigenvalue weighted by atomic mass is 10.2. The van der Waals surface area contributed by atoms with Crippen molar-refractivity contribution in [1.29, 1.82) is 0 Å². The fourth-order valence-corrected chi connectivity index (χ4v) is 3.66. The van der Waals surface area contributed by atoms with E-state index in [9.17, 15) is 14.4 Å². The number of carbonyl (C=O) groups excluding carboxylic acids is 1. The Kier molecular flexibility index (Phi) is 5.61. The number of hydrogen-bond acceptors (Lipinski definition) is 5. The second-order valence-corrected chi connectivity index (χ2v) is 7.48. The maximum absolute atomic E-state index is 12.4. The molecule has 1 aliphatic rings. The van der Waals surface area contributed by atoms with Gasteiger partial charge in [-0.05, 0) is 31.9 Å². The third kappa shape index (κ3) is 4.24. The number of hydrogen-bond donors (Lipinski definition) is 2. The van der Waals surface area contributed by atoms with Crippen molar-refractivity contribution in [2.75, 3.05) is 5.75 Å². The molecule has 138 valence electrons. The van der Waals surface area contributed by atoms with Gasteiger partial charge in [-0.25, -0.2) is 9.78 Å². The summed E-state index contributed by atoms with van der Waals surface area (Å²) in [6.07, 6.45) is 2.02. The number of benzene rings is 1. The summed E-state index contributed by atoms with van der Waals surface area (Å²) in [6, 6.07) is 6.43. The first kappa shape index (κ1) is 18.4. The molecular weight excluding hydrogens is 354 g/mol. The largest absolute Gasteiger partial charge is 0.480 e. The van der Waals surface area contributed by atoms with Crippen LogP contribution < -0.4 is 5.56 Å². The van der Waals surface area contributed by atoms with E-state index < -0.39 is 12.0 Å². The Morgan fingerprint density at radius 1 is 1.38 bits per heavy atom. The lowest BCUT2D eigenvalue weighted by molar-refractivity contribution is -0.149. The average Bonchev–Trinajstić information content (AvgIpc) is 3.44. The average molecular weight is 375 g/mol. The van der Waals surface area contributed by atoms with Crippen LogP contribution in [0.4, 0.5) is 0 Å². The van der Waals surface area contributed by atoms with Gasteiger partial charge in [0.1, 0.15) is 11.9 Å². The highest BCUT2D eigenvalue weighted by Crippen LogP contribution is 2.29. The Morgan fingerprint density at radius 2 is 2.12 bits per heavy atom. The predicted octanol–water partition coefficient (Wildman–Crippen LogP) is 2.01. The summed E-state index contributed by atoms with van der Waals surface area (Å²) in [4.78, 5) is 44.3. The normalized spacial score (nSPS) is 15.0. The van der Waals surface area contributed by atoms with Crippen molar-refractivity contribution in [2.24, 2.45) is 0 Å². The molecule has 3 rings (SSSR count). The van der Waals surface area contributed by atoms with E-state index >= 15 is 0 Å². The van der Waals surface area contributed by atoms with Crippen molar-refractivity contribution in [1.82, 2.24) is 14.9 Å². The number of rotatable bonds is 8. The van der Waals surface area contributed by atoms with E-state index in [0.717, 1.165) is 12.8 Å². The summed E-state index contributed by atoms with van der Waals surface area (Å²) in [5.74, 6) is 0.505. The number of H-pyrrole nitrogens is 1. The van der Waals surface area contributed by atoms with Crippen LogP contribution in [0.15, 0.2) is 29.1 Å². The number of fused-ring (bicyclic) bond motifs is 1. The van der Waals surface area contributed by atoms with Crippen LogP contribution in [0.1, 0.15) is 32.0 Å². The van der Waals surface area contributed by atoms with E-state index in [1.807, 2.05) is 6.07 Å². The Hall–Kier alpha value is -2.35. The number of para-hydroxylation sites is 1. The van der Waals surface area contributed by atoms with Crippen LogP contribution in [0.5, 0.6) is 0 Å². The highest BCUT2D eigenvalue weighted by Gasteiger charge is 2.37. The van der Waals surface area contributed by atoms with Crippen molar-refractivity contribution in [2.45, 2.75) is 44.0 Å². The molecule has 0 spiro atoms. The molecule has 26 heavy (non-hydrogen) atoms. The van der Waals surface area contributed by atoms with Gasteiger partial charge in [-0.1, -0.05) is 12.1 Å². The first-order valence-electron chi connectivity index (χ1n) is 8.57. The van der Waals surface area contributed by atoms with Gasteiger partial charge in [-0.2, -0.15) is 11.8 Å². The first-order chi connectivity index (χ1) is 12.5. The second-order valence-electron chi connectivity index (χ2n) is 6.38. The van der Waals surface area contributed by atoms with Gasteiger partial charge in [-0.3, -0.25) is 9.59 Å². The summed E-state index contributed by atoms with van der Waals surface area (Å²) < 4.78 is 0. The van der Waals surface area contributed by atoms with Gasteiger partial charge < -0.3 is 15.0 Å². The van der Waals surface area contributed by atoms with E-state index in [-0.39, 0.29) is 23.9 Å². The number of carboxylic acid groups (broad SMARTS) is 1. The minimum atomic E-state index is -0.976. The Balaban J connectivity index is 1.54. The Morgan fingerprint density at radius 3 is 2.81 bits per heavy atom. The molecule has 1 aromatic carbocycles. The second kappa shape index (κ2) is 7.90. The van der Waals surface area contributed by atoms with Crippen molar-refractivity contribution in [3.05, 3.63) is 40.4 Å². The van der Waals surface area contributed by atoms with Crippen LogP contribution in [0, 0.1) is 0 Å². The third-order valence-electron chi connectivity index (χ3n) is 4.36. The highest BCUT2D eigenvalue weighted by molar-refractivity contribution is 7.98. The smallest absolute Gasteiger partial charge is 0.326 e. The summed E-state index contributed by atoms with van der Waals surface area (Å²) in [7, 11) is 0. The number of nitrogens with zero attached hydrogens (tertiary/aromatic N) is 2. The van der Waals surface area contributed by atoms with E-state index in [2.05, 4.69) is 9.97 Å². The number of aromatic nitrogens is 2. The lowest BCUT2D eigenvalue weighted by Crippen LogP contribution is -2.44. The Bertz CT molecular complexity index is 878. The fourth-order valence-electron chi connectivity index (χ4n) is 2.87. The van der Waals surface area contributed by atoms with E-state index in [4.69, 9.17) is 5.11 Å². The third-order valence-corrected chi connectivity index (χ3v) is 5.33. The van der Waals surface area contributed by atoms with Gasteiger partial charge in [0.2, 0.25) is 5.91 Å². The molecule has 1 saturated carbocycles. The van der Waals surface area contributed by atoms with Gasteiger partial charge in [0.05, 0.1) is 16.7 Å². The maximum atomic E-state index is 12.4. The molecule has 1 atom stereocenters. The van der Waals surface area contributed by atoms with Gasteiger partial charge in [0.15, 0.2) is 0 Å². The molecule has 1 aliphatic carbocycles. The predicted molar refractivity (Wildman–Crippen MR) is 100 cm³/mol. The number of nitrogens with one attached hydrogen (secondary N) is 1. The van der Waals surface area contributed by atoms with Crippen LogP contribution >= 0.6 is 11.8 Å². The molecule has 1 amide bonds. The number of carboxylic acids is 1. The molecule has 0 bridgehead atoms. The van der Waals surface area contributed by atoms with Crippen LogP contribution in [-0.4, -0.2) is 49.7 Å². The molecule has 0 aliphatic heterocycles. The molecular formula is C18H21N3O4S. The van der Waals surface area contributed by atoms with Gasteiger partial charge in [0, 0.05) is 18.2 Å². The van der Waals surface area contributed by atoms with Crippen LogP contribution in [0.3, 0.4) is 0 Å². The molecule has 1 fully saturated rings. The SMILES string of the molecule is CC(C(=O)O)N(C(=O)CCSCc1nc2ccccc2c(=O)[nH]1)C1CC1. The van der Waals surface area contributed by atoms with Gasteiger partial charge in [0.25, 0.3) is 5.56 Å². The van der Waals surface area contributed by atoms with Crippen molar-refractivity contribution in [3.8, 4) is 0 Å². The zero-order chi connectivity index (χ0) is 18.7. The molecule has 2 aromatic rings. The molecule has 8 heteroatoms. The zero-order valence-electron chi connectivity index (χ0n) is 14.5. The monoisotopic (exact) mass is 375 g/mol. The van der Waals surface area contributed by atoms with Crippen LogP contribution in [0.25, 0.3) is 10.9 Å². The standard InChI is InChI=1S/C18H21N3O4S/c1-11(18(24)25)21(12-6-7-12)16(22)8-9-26-10-15-19-14-5-3-2-4-13(14)17(23)20-15/h2-5,11-12H,6-10H2,1H3,(H,24,25)(H,19,20,23). The topological polar surface area (TPSA) is 103 Å². The minimum Gasteiger partial charge on any atom is -0.480 e. The number of thioether (sulfide) groups is 1. The van der Waals surface area contributed by atoms with Crippen LogP contribution in [0.2, 0.25) is 0 Å².